The Labute approximate surface area is 171 Å². The van der Waals surface area contributed by atoms with E-state index in [1.165, 1.54) is 0 Å². The number of carbonyl (C=O) groups excluding carboxylic acids is 2. The lowest BCUT2D eigenvalue weighted by atomic mass is 9.82. The summed E-state index contributed by atoms with van der Waals surface area (Å²) < 4.78 is 0. The molecule has 3 atom stereocenters. The minimum Gasteiger partial charge on any atom is -0.369 e. The number of primary amides is 1. The van der Waals surface area contributed by atoms with E-state index in [9.17, 15) is 9.59 Å². The Morgan fingerprint density at radius 3 is 2.34 bits per heavy atom. The normalized spacial score (nSPS) is 14.0. The summed E-state index contributed by atoms with van der Waals surface area (Å²) in [6, 6.07) is 23.2. The van der Waals surface area contributed by atoms with Crippen molar-refractivity contribution in [1.29, 1.82) is 0 Å². The molecular formula is C25H26N2O2. The summed E-state index contributed by atoms with van der Waals surface area (Å²) in [6.45, 7) is 5.67. The van der Waals surface area contributed by atoms with E-state index >= 15 is 0 Å². The van der Waals surface area contributed by atoms with E-state index < -0.39 is 17.7 Å². The van der Waals surface area contributed by atoms with Crippen LogP contribution in [0.4, 0.5) is 0 Å². The fraction of sp³-hybridized carbons (Fsp3) is 0.200. The third-order valence-corrected chi connectivity index (χ3v) is 5.28. The van der Waals surface area contributed by atoms with Crippen LogP contribution in [-0.4, -0.2) is 11.8 Å². The van der Waals surface area contributed by atoms with Crippen LogP contribution in [0.2, 0.25) is 0 Å². The van der Waals surface area contributed by atoms with Gasteiger partial charge in [-0.2, -0.15) is 0 Å². The molecule has 0 aromatic heterocycles. The average molecular weight is 386 g/mol. The molecule has 3 rings (SSSR count). The lowest BCUT2D eigenvalue weighted by Gasteiger charge is -2.26. The average Bonchev–Trinajstić information content (AvgIpc) is 2.73. The second kappa shape index (κ2) is 9.20. The van der Waals surface area contributed by atoms with Crippen molar-refractivity contribution in [2.45, 2.75) is 25.3 Å². The topological polar surface area (TPSA) is 72.2 Å². The summed E-state index contributed by atoms with van der Waals surface area (Å²) in [4.78, 5) is 25.5. The summed E-state index contributed by atoms with van der Waals surface area (Å²) in [7, 11) is 0. The molecule has 3 aromatic carbocycles. The number of hydrogen-bond donors (Lipinski definition) is 2. The van der Waals surface area contributed by atoms with Gasteiger partial charge >= 0.3 is 0 Å². The van der Waals surface area contributed by atoms with Gasteiger partial charge in [0.05, 0.1) is 17.9 Å². The van der Waals surface area contributed by atoms with Gasteiger partial charge in [-0.15, -0.1) is 6.58 Å². The van der Waals surface area contributed by atoms with Crippen molar-refractivity contribution >= 4 is 22.6 Å². The highest BCUT2D eigenvalue weighted by Gasteiger charge is 2.33. The van der Waals surface area contributed by atoms with E-state index in [2.05, 4.69) is 11.9 Å². The molecule has 0 heterocycles. The fourth-order valence-electron chi connectivity index (χ4n) is 3.83. The van der Waals surface area contributed by atoms with Crippen molar-refractivity contribution in [2.24, 2.45) is 11.7 Å². The highest BCUT2D eigenvalue weighted by atomic mass is 16.2. The SMILES string of the molecule is C=CCC(C(N)=O)C(C(=O)NC(C)c1cccc2ccccc12)c1ccccc1. The van der Waals surface area contributed by atoms with Gasteiger partial charge in [0.1, 0.15) is 0 Å². The van der Waals surface area contributed by atoms with Gasteiger partial charge in [0.25, 0.3) is 0 Å². The van der Waals surface area contributed by atoms with Crippen LogP contribution in [0.3, 0.4) is 0 Å². The van der Waals surface area contributed by atoms with Crippen LogP contribution in [0.5, 0.6) is 0 Å². The first-order valence-electron chi connectivity index (χ1n) is 9.76. The van der Waals surface area contributed by atoms with E-state index in [1.54, 1.807) is 6.08 Å². The fourth-order valence-corrected chi connectivity index (χ4v) is 3.83. The highest BCUT2D eigenvalue weighted by Crippen LogP contribution is 2.30. The monoisotopic (exact) mass is 386 g/mol. The van der Waals surface area contributed by atoms with Gasteiger partial charge in [-0.25, -0.2) is 0 Å². The molecule has 0 saturated carbocycles. The van der Waals surface area contributed by atoms with Crippen LogP contribution in [-0.2, 0) is 9.59 Å². The second-order valence-corrected chi connectivity index (χ2v) is 7.22. The van der Waals surface area contributed by atoms with Gasteiger partial charge in [0.15, 0.2) is 0 Å². The maximum absolute atomic E-state index is 13.3. The predicted molar refractivity (Wildman–Crippen MR) is 117 cm³/mol. The number of rotatable bonds is 8. The molecule has 0 radical (unpaired) electrons. The van der Waals surface area contributed by atoms with Crippen LogP contribution in [0.15, 0.2) is 85.5 Å². The Bertz CT molecular complexity index is 1010. The smallest absolute Gasteiger partial charge is 0.228 e. The van der Waals surface area contributed by atoms with E-state index in [0.717, 1.165) is 21.9 Å². The van der Waals surface area contributed by atoms with E-state index in [1.807, 2.05) is 79.7 Å². The van der Waals surface area contributed by atoms with Gasteiger partial charge in [0, 0.05) is 0 Å². The number of fused-ring (bicyclic) bond motifs is 1. The molecule has 29 heavy (non-hydrogen) atoms. The minimum atomic E-state index is -0.677. The van der Waals surface area contributed by atoms with Crippen molar-refractivity contribution in [3.8, 4) is 0 Å². The molecule has 0 bridgehead atoms. The molecule has 4 heteroatoms. The Hall–Kier alpha value is -3.40. The van der Waals surface area contributed by atoms with Crippen LogP contribution in [0.1, 0.15) is 36.4 Å². The largest absolute Gasteiger partial charge is 0.369 e. The summed E-state index contributed by atoms with van der Waals surface area (Å²) in [5.74, 6) is -2.06. The standard InChI is InChI=1S/C25H26N2O2/c1-3-10-22(24(26)28)23(19-12-5-4-6-13-19)25(29)27-17(2)20-16-9-14-18-11-7-8-15-21(18)20/h3-9,11-17,22-23H,1,10H2,2H3,(H2,26,28)(H,27,29). The van der Waals surface area contributed by atoms with Crippen LogP contribution in [0, 0.1) is 5.92 Å². The molecule has 0 saturated heterocycles. The number of hydrogen-bond acceptors (Lipinski definition) is 2. The number of allylic oxidation sites excluding steroid dienone is 1. The third kappa shape index (κ3) is 4.54. The molecule has 3 unspecified atom stereocenters. The van der Waals surface area contributed by atoms with Crippen molar-refractivity contribution < 1.29 is 9.59 Å². The molecule has 0 fully saturated rings. The molecule has 0 aliphatic carbocycles. The zero-order valence-electron chi connectivity index (χ0n) is 16.5. The third-order valence-electron chi connectivity index (χ3n) is 5.28. The van der Waals surface area contributed by atoms with Crippen LogP contribution >= 0.6 is 0 Å². The van der Waals surface area contributed by atoms with E-state index in [0.29, 0.717) is 6.42 Å². The predicted octanol–water partition coefficient (Wildman–Crippen LogP) is 4.48. The van der Waals surface area contributed by atoms with Crippen molar-refractivity contribution in [3.63, 3.8) is 0 Å². The summed E-state index contributed by atoms with van der Waals surface area (Å²) in [5.41, 5.74) is 7.44. The Morgan fingerprint density at radius 1 is 1.00 bits per heavy atom. The molecule has 0 aliphatic rings. The number of carbonyl (C=O) groups is 2. The Balaban J connectivity index is 1.93. The highest BCUT2D eigenvalue weighted by molar-refractivity contribution is 5.92. The molecule has 0 spiro atoms. The second-order valence-electron chi connectivity index (χ2n) is 7.22. The van der Waals surface area contributed by atoms with Crippen LogP contribution < -0.4 is 11.1 Å². The molecular weight excluding hydrogens is 360 g/mol. The first-order chi connectivity index (χ1) is 14.0. The first-order valence-corrected chi connectivity index (χ1v) is 9.76. The molecule has 0 aliphatic heterocycles. The van der Waals surface area contributed by atoms with Crippen molar-refractivity contribution in [2.75, 3.05) is 0 Å². The van der Waals surface area contributed by atoms with E-state index in [4.69, 9.17) is 5.73 Å². The van der Waals surface area contributed by atoms with Gasteiger partial charge in [-0.05, 0) is 35.2 Å². The molecule has 4 nitrogen and oxygen atoms in total. The van der Waals surface area contributed by atoms with Gasteiger partial charge in [0.2, 0.25) is 11.8 Å². The Kier molecular flexibility index (Phi) is 6.45. The number of amides is 2. The molecule has 148 valence electrons. The molecule has 2 amide bonds. The molecule has 3 N–H and O–H groups in total. The van der Waals surface area contributed by atoms with Gasteiger partial charge in [-0.3, -0.25) is 9.59 Å². The maximum Gasteiger partial charge on any atom is 0.228 e. The zero-order valence-corrected chi connectivity index (χ0v) is 16.5. The number of nitrogens with two attached hydrogens (primary N) is 1. The summed E-state index contributed by atoms with van der Waals surface area (Å²) >= 11 is 0. The number of benzene rings is 3. The summed E-state index contributed by atoms with van der Waals surface area (Å²) in [5, 5.41) is 5.31. The van der Waals surface area contributed by atoms with Crippen molar-refractivity contribution in [3.05, 3.63) is 96.6 Å². The lowest BCUT2D eigenvalue weighted by molar-refractivity contribution is -0.130. The van der Waals surface area contributed by atoms with E-state index in [-0.39, 0.29) is 11.9 Å². The van der Waals surface area contributed by atoms with Gasteiger partial charge in [-0.1, -0.05) is 78.9 Å². The van der Waals surface area contributed by atoms with Crippen molar-refractivity contribution in [1.82, 2.24) is 5.32 Å². The minimum absolute atomic E-state index is 0.220. The number of nitrogens with one attached hydrogen (secondary N) is 1. The first kappa shape index (κ1) is 20.3. The Morgan fingerprint density at radius 2 is 1.66 bits per heavy atom. The van der Waals surface area contributed by atoms with Gasteiger partial charge < -0.3 is 11.1 Å². The lowest BCUT2D eigenvalue weighted by Crippen LogP contribution is -2.39. The maximum atomic E-state index is 13.3. The summed E-state index contributed by atoms with van der Waals surface area (Å²) in [6.07, 6.45) is 1.97. The quantitative estimate of drug-likeness (QED) is 0.560. The zero-order chi connectivity index (χ0) is 20.8. The molecule has 3 aromatic rings. The van der Waals surface area contributed by atoms with Crippen LogP contribution in [0.25, 0.3) is 10.8 Å².